The zero-order valence-corrected chi connectivity index (χ0v) is 8.21. The van der Waals surface area contributed by atoms with Crippen LogP contribution in [0.15, 0.2) is 18.2 Å². The molecule has 0 heterocycles. The Morgan fingerprint density at radius 3 is 2.77 bits per heavy atom. The number of hydrogen-bond donors (Lipinski definition) is 1. The first-order valence-corrected chi connectivity index (χ1v) is 4.52. The minimum atomic E-state index is 0.247. The molecule has 0 saturated heterocycles. The molecule has 0 aromatic heterocycles. The summed E-state index contributed by atoms with van der Waals surface area (Å²) in [5.41, 5.74) is 2.52. The first-order chi connectivity index (χ1) is 6.27. The summed E-state index contributed by atoms with van der Waals surface area (Å²) in [5, 5.41) is 8.71. The van der Waals surface area contributed by atoms with Gasteiger partial charge in [0.15, 0.2) is 0 Å². The van der Waals surface area contributed by atoms with E-state index >= 15 is 0 Å². The molecular formula is C11H16O2. The number of aliphatic hydroxyl groups is 1. The molecular weight excluding hydrogens is 164 g/mol. The molecule has 0 aliphatic rings. The zero-order valence-electron chi connectivity index (χ0n) is 8.21. The van der Waals surface area contributed by atoms with Crippen LogP contribution < -0.4 is 4.74 Å². The third-order valence-corrected chi connectivity index (χ3v) is 2.16. The molecule has 1 rings (SSSR count). The Morgan fingerprint density at radius 1 is 1.38 bits per heavy atom. The largest absolute Gasteiger partial charge is 0.497 e. The van der Waals surface area contributed by atoms with Crippen LogP contribution in [0.2, 0.25) is 0 Å². The normalized spacial score (nSPS) is 10.1. The van der Waals surface area contributed by atoms with Crippen LogP contribution in [0, 0.1) is 6.92 Å². The van der Waals surface area contributed by atoms with Crippen LogP contribution in [0.3, 0.4) is 0 Å². The number of rotatable bonds is 4. The summed E-state index contributed by atoms with van der Waals surface area (Å²) >= 11 is 0. The van der Waals surface area contributed by atoms with Crippen LogP contribution in [0.5, 0.6) is 5.75 Å². The highest BCUT2D eigenvalue weighted by Gasteiger charge is 1.99. The Morgan fingerprint density at radius 2 is 2.15 bits per heavy atom. The predicted octanol–water partition coefficient (Wildman–Crippen LogP) is 1.93. The second-order valence-corrected chi connectivity index (χ2v) is 3.12. The minimum Gasteiger partial charge on any atom is -0.497 e. The van der Waals surface area contributed by atoms with Crippen LogP contribution in [-0.2, 0) is 6.42 Å². The van der Waals surface area contributed by atoms with Gasteiger partial charge in [0.2, 0.25) is 0 Å². The van der Waals surface area contributed by atoms with Gasteiger partial charge in [0.05, 0.1) is 7.11 Å². The standard InChI is InChI=1S/C11H16O2/c1-9-5-6-11(13-2)8-10(9)4-3-7-12/h5-6,8,12H,3-4,7H2,1-2H3. The second-order valence-electron chi connectivity index (χ2n) is 3.12. The third-order valence-electron chi connectivity index (χ3n) is 2.16. The Kier molecular flexibility index (Phi) is 3.77. The number of benzene rings is 1. The number of aliphatic hydroxyl groups excluding tert-OH is 1. The van der Waals surface area contributed by atoms with Gasteiger partial charge in [-0.05, 0) is 43.0 Å². The van der Waals surface area contributed by atoms with Crippen LogP contribution in [-0.4, -0.2) is 18.8 Å². The minimum absolute atomic E-state index is 0.247. The fourth-order valence-corrected chi connectivity index (χ4v) is 1.31. The lowest BCUT2D eigenvalue weighted by Gasteiger charge is -2.07. The van der Waals surface area contributed by atoms with E-state index in [1.54, 1.807) is 7.11 Å². The first-order valence-electron chi connectivity index (χ1n) is 4.52. The van der Waals surface area contributed by atoms with Crippen molar-refractivity contribution in [1.82, 2.24) is 0 Å². The lowest BCUT2D eigenvalue weighted by Crippen LogP contribution is -1.94. The van der Waals surface area contributed by atoms with Gasteiger partial charge in [0, 0.05) is 6.61 Å². The van der Waals surface area contributed by atoms with Crippen molar-refractivity contribution in [3.05, 3.63) is 29.3 Å². The van der Waals surface area contributed by atoms with Crippen molar-refractivity contribution in [3.63, 3.8) is 0 Å². The smallest absolute Gasteiger partial charge is 0.119 e. The van der Waals surface area contributed by atoms with Gasteiger partial charge in [0.25, 0.3) is 0 Å². The van der Waals surface area contributed by atoms with Crippen LogP contribution in [0.4, 0.5) is 0 Å². The monoisotopic (exact) mass is 180 g/mol. The molecule has 0 aliphatic heterocycles. The fourth-order valence-electron chi connectivity index (χ4n) is 1.31. The van der Waals surface area contributed by atoms with Gasteiger partial charge in [-0.15, -0.1) is 0 Å². The molecule has 2 heteroatoms. The maximum absolute atomic E-state index is 8.71. The van der Waals surface area contributed by atoms with Gasteiger partial charge in [-0.2, -0.15) is 0 Å². The van der Waals surface area contributed by atoms with E-state index in [1.165, 1.54) is 11.1 Å². The summed E-state index contributed by atoms with van der Waals surface area (Å²) in [4.78, 5) is 0. The van der Waals surface area contributed by atoms with E-state index in [4.69, 9.17) is 9.84 Å². The fraction of sp³-hybridized carbons (Fsp3) is 0.455. The van der Waals surface area contributed by atoms with Crippen molar-refractivity contribution in [1.29, 1.82) is 0 Å². The van der Waals surface area contributed by atoms with E-state index in [9.17, 15) is 0 Å². The number of aryl methyl sites for hydroxylation is 2. The first kappa shape index (κ1) is 10.1. The summed E-state index contributed by atoms with van der Waals surface area (Å²) in [5.74, 6) is 0.888. The zero-order chi connectivity index (χ0) is 9.68. The van der Waals surface area contributed by atoms with E-state index < -0.39 is 0 Å². The van der Waals surface area contributed by atoms with Crippen molar-refractivity contribution in [2.45, 2.75) is 19.8 Å². The van der Waals surface area contributed by atoms with E-state index in [0.717, 1.165) is 18.6 Å². The highest BCUT2D eigenvalue weighted by atomic mass is 16.5. The number of hydrogen-bond acceptors (Lipinski definition) is 2. The molecule has 1 aromatic rings. The van der Waals surface area contributed by atoms with E-state index in [1.807, 2.05) is 18.2 Å². The van der Waals surface area contributed by atoms with Crippen molar-refractivity contribution in [2.24, 2.45) is 0 Å². The topological polar surface area (TPSA) is 29.5 Å². The quantitative estimate of drug-likeness (QED) is 0.767. The number of ether oxygens (including phenoxy) is 1. The average Bonchev–Trinajstić information content (AvgIpc) is 2.17. The molecule has 0 saturated carbocycles. The molecule has 13 heavy (non-hydrogen) atoms. The van der Waals surface area contributed by atoms with Crippen molar-refractivity contribution in [3.8, 4) is 5.75 Å². The van der Waals surface area contributed by atoms with E-state index in [2.05, 4.69) is 6.92 Å². The van der Waals surface area contributed by atoms with Crippen molar-refractivity contribution in [2.75, 3.05) is 13.7 Å². The summed E-state index contributed by atoms with van der Waals surface area (Å²) in [6, 6.07) is 6.04. The van der Waals surface area contributed by atoms with E-state index in [0.29, 0.717) is 0 Å². The highest BCUT2D eigenvalue weighted by Crippen LogP contribution is 2.18. The molecule has 0 unspecified atom stereocenters. The van der Waals surface area contributed by atoms with Gasteiger partial charge in [-0.25, -0.2) is 0 Å². The molecule has 0 amide bonds. The molecule has 0 atom stereocenters. The molecule has 72 valence electrons. The van der Waals surface area contributed by atoms with Gasteiger partial charge >= 0.3 is 0 Å². The van der Waals surface area contributed by atoms with E-state index in [-0.39, 0.29) is 6.61 Å². The Labute approximate surface area is 79.2 Å². The summed E-state index contributed by atoms with van der Waals surface area (Å²) < 4.78 is 5.13. The van der Waals surface area contributed by atoms with Gasteiger partial charge in [-0.1, -0.05) is 6.07 Å². The lowest BCUT2D eigenvalue weighted by atomic mass is 10.0. The molecule has 1 N–H and O–H groups in total. The van der Waals surface area contributed by atoms with Crippen molar-refractivity contribution < 1.29 is 9.84 Å². The Bertz CT molecular complexity index is 269. The van der Waals surface area contributed by atoms with Gasteiger partial charge < -0.3 is 9.84 Å². The Balaban J connectivity index is 2.78. The SMILES string of the molecule is COc1ccc(C)c(CCCO)c1. The highest BCUT2D eigenvalue weighted by molar-refractivity contribution is 5.34. The van der Waals surface area contributed by atoms with Gasteiger partial charge in [-0.3, -0.25) is 0 Å². The third kappa shape index (κ3) is 2.74. The molecule has 0 fully saturated rings. The summed E-state index contributed by atoms with van der Waals surface area (Å²) in [7, 11) is 1.67. The molecule has 1 aromatic carbocycles. The maximum atomic E-state index is 8.71. The molecule has 0 spiro atoms. The van der Waals surface area contributed by atoms with Crippen LogP contribution in [0.25, 0.3) is 0 Å². The summed E-state index contributed by atoms with van der Waals surface area (Å²) in [6.45, 7) is 2.32. The molecule has 0 bridgehead atoms. The average molecular weight is 180 g/mol. The summed E-state index contributed by atoms with van der Waals surface area (Å²) in [6.07, 6.45) is 1.73. The maximum Gasteiger partial charge on any atom is 0.119 e. The second kappa shape index (κ2) is 4.87. The lowest BCUT2D eigenvalue weighted by molar-refractivity contribution is 0.288. The van der Waals surface area contributed by atoms with Gasteiger partial charge in [0.1, 0.15) is 5.75 Å². The molecule has 0 radical (unpaired) electrons. The molecule has 2 nitrogen and oxygen atoms in total. The number of methoxy groups -OCH3 is 1. The predicted molar refractivity (Wildman–Crippen MR) is 53.1 cm³/mol. The van der Waals surface area contributed by atoms with Crippen LogP contribution in [0.1, 0.15) is 17.5 Å². The van der Waals surface area contributed by atoms with Crippen LogP contribution >= 0.6 is 0 Å². The van der Waals surface area contributed by atoms with Crippen molar-refractivity contribution >= 4 is 0 Å². The Hall–Kier alpha value is -1.02. The molecule has 0 aliphatic carbocycles.